The molecule has 1 atom stereocenters. The lowest BCUT2D eigenvalue weighted by atomic mass is 9.81. The summed E-state index contributed by atoms with van der Waals surface area (Å²) in [6.07, 6.45) is 4.02. The highest BCUT2D eigenvalue weighted by atomic mass is 15.0. The highest BCUT2D eigenvalue weighted by Crippen LogP contribution is 2.24. The zero-order chi connectivity index (χ0) is 11.3. The lowest BCUT2D eigenvalue weighted by Gasteiger charge is -2.29. The van der Waals surface area contributed by atoms with E-state index in [1.54, 1.807) is 0 Å². The van der Waals surface area contributed by atoms with E-state index in [0.717, 1.165) is 25.0 Å². The molecule has 2 heteroatoms. The summed E-state index contributed by atoms with van der Waals surface area (Å²) in [7, 11) is 0. The molecule has 1 aliphatic heterocycles. The molecule has 0 bridgehead atoms. The van der Waals surface area contributed by atoms with Gasteiger partial charge >= 0.3 is 0 Å². The SMILES string of the molecule is CC(C)C(C)(C)CNCCC1CCCN1. The summed E-state index contributed by atoms with van der Waals surface area (Å²) in [4.78, 5) is 0. The molecular weight excluding hydrogens is 184 g/mol. The molecule has 1 heterocycles. The highest BCUT2D eigenvalue weighted by molar-refractivity contribution is 4.77. The van der Waals surface area contributed by atoms with Crippen LogP contribution < -0.4 is 10.6 Å². The minimum Gasteiger partial charge on any atom is -0.316 e. The van der Waals surface area contributed by atoms with Crippen molar-refractivity contribution in [2.45, 2.75) is 53.0 Å². The number of nitrogens with one attached hydrogen (secondary N) is 2. The maximum atomic E-state index is 3.59. The van der Waals surface area contributed by atoms with Gasteiger partial charge < -0.3 is 10.6 Å². The molecule has 90 valence electrons. The first-order valence-corrected chi connectivity index (χ1v) is 6.46. The molecule has 2 nitrogen and oxygen atoms in total. The van der Waals surface area contributed by atoms with Gasteiger partial charge in [0.1, 0.15) is 0 Å². The van der Waals surface area contributed by atoms with Crippen LogP contribution in [0.4, 0.5) is 0 Å². The van der Waals surface area contributed by atoms with Gasteiger partial charge in [-0.25, -0.2) is 0 Å². The lowest BCUT2D eigenvalue weighted by Crippen LogP contribution is -2.35. The van der Waals surface area contributed by atoms with E-state index in [4.69, 9.17) is 0 Å². The molecule has 1 unspecified atom stereocenters. The normalized spacial score (nSPS) is 22.6. The van der Waals surface area contributed by atoms with Crippen LogP contribution in [0.25, 0.3) is 0 Å². The quantitative estimate of drug-likeness (QED) is 0.661. The maximum absolute atomic E-state index is 3.59. The second-order valence-corrected chi connectivity index (χ2v) is 5.90. The summed E-state index contributed by atoms with van der Waals surface area (Å²) in [6.45, 7) is 12.8. The first-order chi connectivity index (χ1) is 7.02. The van der Waals surface area contributed by atoms with Crippen molar-refractivity contribution >= 4 is 0 Å². The molecule has 0 spiro atoms. The molecule has 0 aromatic heterocycles. The van der Waals surface area contributed by atoms with E-state index in [9.17, 15) is 0 Å². The molecule has 0 aromatic rings. The zero-order valence-corrected chi connectivity index (χ0v) is 10.9. The largest absolute Gasteiger partial charge is 0.316 e. The second-order valence-electron chi connectivity index (χ2n) is 5.90. The van der Waals surface area contributed by atoms with Crippen LogP contribution in [0.3, 0.4) is 0 Å². The van der Waals surface area contributed by atoms with Gasteiger partial charge in [-0.05, 0) is 43.7 Å². The fraction of sp³-hybridized carbons (Fsp3) is 1.00. The van der Waals surface area contributed by atoms with Gasteiger partial charge in [-0.2, -0.15) is 0 Å². The Morgan fingerprint density at radius 1 is 1.40 bits per heavy atom. The maximum Gasteiger partial charge on any atom is 0.00796 e. The molecule has 0 aromatic carbocycles. The minimum absolute atomic E-state index is 0.420. The molecule has 1 fully saturated rings. The standard InChI is InChI=1S/C13H28N2/c1-11(2)13(3,4)10-14-9-7-12-6-5-8-15-12/h11-12,14-15H,5-10H2,1-4H3. The Morgan fingerprint density at radius 2 is 2.13 bits per heavy atom. The first kappa shape index (κ1) is 13.0. The topological polar surface area (TPSA) is 24.1 Å². The third-order valence-corrected chi connectivity index (χ3v) is 3.98. The van der Waals surface area contributed by atoms with E-state index < -0.39 is 0 Å². The van der Waals surface area contributed by atoms with Crippen LogP contribution in [0.15, 0.2) is 0 Å². The van der Waals surface area contributed by atoms with Gasteiger partial charge in [-0.1, -0.05) is 27.7 Å². The van der Waals surface area contributed by atoms with Crippen LogP contribution in [0, 0.1) is 11.3 Å². The van der Waals surface area contributed by atoms with Crippen LogP contribution >= 0.6 is 0 Å². The van der Waals surface area contributed by atoms with Crippen LogP contribution in [-0.4, -0.2) is 25.7 Å². The Balaban J connectivity index is 2.05. The Hall–Kier alpha value is -0.0800. The van der Waals surface area contributed by atoms with Crippen LogP contribution in [-0.2, 0) is 0 Å². The summed E-state index contributed by atoms with van der Waals surface area (Å²) in [5, 5.41) is 7.13. The van der Waals surface area contributed by atoms with Crippen molar-refractivity contribution in [3.8, 4) is 0 Å². The zero-order valence-electron chi connectivity index (χ0n) is 10.9. The van der Waals surface area contributed by atoms with Gasteiger partial charge in [-0.15, -0.1) is 0 Å². The van der Waals surface area contributed by atoms with Gasteiger partial charge in [0.2, 0.25) is 0 Å². The Labute approximate surface area is 95.2 Å². The monoisotopic (exact) mass is 212 g/mol. The Kier molecular flexibility index (Phi) is 5.07. The molecular formula is C13H28N2. The van der Waals surface area contributed by atoms with Gasteiger partial charge in [0, 0.05) is 12.6 Å². The second kappa shape index (κ2) is 5.86. The van der Waals surface area contributed by atoms with E-state index in [-0.39, 0.29) is 0 Å². The van der Waals surface area contributed by atoms with Gasteiger partial charge in [0.15, 0.2) is 0 Å². The average molecular weight is 212 g/mol. The van der Waals surface area contributed by atoms with Crippen molar-refractivity contribution in [1.29, 1.82) is 0 Å². The number of rotatable bonds is 6. The molecule has 0 radical (unpaired) electrons. The lowest BCUT2D eigenvalue weighted by molar-refractivity contribution is 0.237. The average Bonchev–Trinajstić information content (AvgIpc) is 2.64. The van der Waals surface area contributed by atoms with Crippen molar-refractivity contribution in [1.82, 2.24) is 10.6 Å². The van der Waals surface area contributed by atoms with Crippen molar-refractivity contribution in [3.05, 3.63) is 0 Å². The molecule has 1 saturated heterocycles. The Morgan fingerprint density at radius 3 is 2.67 bits per heavy atom. The molecule has 15 heavy (non-hydrogen) atoms. The fourth-order valence-electron chi connectivity index (χ4n) is 1.89. The van der Waals surface area contributed by atoms with Crippen molar-refractivity contribution in [2.75, 3.05) is 19.6 Å². The smallest absolute Gasteiger partial charge is 0.00796 e. The third-order valence-electron chi connectivity index (χ3n) is 3.98. The molecule has 2 N–H and O–H groups in total. The van der Waals surface area contributed by atoms with Gasteiger partial charge in [-0.3, -0.25) is 0 Å². The van der Waals surface area contributed by atoms with Crippen molar-refractivity contribution in [3.63, 3.8) is 0 Å². The van der Waals surface area contributed by atoms with Crippen LogP contribution in [0.1, 0.15) is 47.0 Å². The van der Waals surface area contributed by atoms with Gasteiger partial charge in [0.25, 0.3) is 0 Å². The summed E-state index contributed by atoms with van der Waals surface area (Å²) >= 11 is 0. The van der Waals surface area contributed by atoms with Gasteiger partial charge in [0.05, 0.1) is 0 Å². The van der Waals surface area contributed by atoms with E-state index in [2.05, 4.69) is 38.3 Å². The number of hydrogen-bond donors (Lipinski definition) is 2. The predicted molar refractivity (Wildman–Crippen MR) is 67.1 cm³/mol. The fourth-order valence-corrected chi connectivity index (χ4v) is 1.89. The number of hydrogen-bond acceptors (Lipinski definition) is 2. The van der Waals surface area contributed by atoms with Crippen molar-refractivity contribution in [2.24, 2.45) is 11.3 Å². The molecule has 1 aliphatic rings. The molecule has 0 saturated carbocycles. The van der Waals surface area contributed by atoms with Crippen LogP contribution in [0.5, 0.6) is 0 Å². The minimum atomic E-state index is 0.420. The van der Waals surface area contributed by atoms with E-state index in [0.29, 0.717) is 5.41 Å². The summed E-state index contributed by atoms with van der Waals surface area (Å²) in [5.74, 6) is 0.745. The predicted octanol–water partition coefficient (Wildman–Crippen LogP) is 2.40. The summed E-state index contributed by atoms with van der Waals surface area (Å²) in [6, 6.07) is 0.777. The highest BCUT2D eigenvalue weighted by Gasteiger charge is 2.21. The summed E-state index contributed by atoms with van der Waals surface area (Å²) in [5.41, 5.74) is 0.420. The molecule has 0 amide bonds. The first-order valence-electron chi connectivity index (χ1n) is 6.46. The molecule has 1 rings (SSSR count). The third kappa shape index (κ3) is 4.52. The Bertz CT molecular complexity index is 169. The van der Waals surface area contributed by atoms with E-state index >= 15 is 0 Å². The van der Waals surface area contributed by atoms with Crippen molar-refractivity contribution < 1.29 is 0 Å². The van der Waals surface area contributed by atoms with E-state index in [1.165, 1.54) is 25.8 Å². The summed E-state index contributed by atoms with van der Waals surface area (Å²) < 4.78 is 0. The van der Waals surface area contributed by atoms with Crippen LogP contribution in [0.2, 0.25) is 0 Å². The molecule has 0 aliphatic carbocycles. The van der Waals surface area contributed by atoms with E-state index in [1.807, 2.05) is 0 Å².